The van der Waals surface area contributed by atoms with Crippen LogP contribution in [0.5, 0.6) is 0 Å². The minimum atomic E-state index is -0.430. The summed E-state index contributed by atoms with van der Waals surface area (Å²) in [4.78, 5) is 22.8. The van der Waals surface area contributed by atoms with Crippen molar-refractivity contribution in [3.05, 3.63) is 70.3 Å². The van der Waals surface area contributed by atoms with Gasteiger partial charge in [0.1, 0.15) is 5.69 Å². The van der Waals surface area contributed by atoms with E-state index in [1.807, 2.05) is 30.3 Å². The second kappa shape index (κ2) is 7.79. The van der Waals surface area contributed by atoms with E-state index in [0.717, 1.165) is 18.4 Å². The monoisotopic (exact) mass is 339 g/mol. The van der Waals surface area contributed by atoms with E-state index in [1.54, 1.807) is 18.2 Å². The van der Waals surface area contributed by atoms with Gasteiger partial charge in [-0.2, -0.15) is 0 Å². The van der Waals surface area contributed by atoms with Gasteiger partial charge in [-0.3, -0.25) is 14.9 Å². The molecule has 2 aromatic rings. The predicted octanol–water partition coefficient (Wildman–Crippen LogP) is 3.66. The lowest BCUT2D eigenvalue weighted by atomic mass is 10.0. The van der Waals surface area contributed by atoms with Gasteiger partial charge in [0.25, 0.3) is 5.69 Å². The summed E-state index contributed by atoms with van der Waals surface area (Å²) in [5.41, 5.74) is 1.58. The van der Waals surface area contributed by atoms with E-state index in [1.165, 1.54) is 6.07 Å². The highest BCUT2D eigenvalue weighted by Crippen LogP contribution is 2.40. The van der Waals surface area contributed by atoms with Gasteiger partial charge in [-0.25, -0.2) is 0 Å². The molecule has 0 saturated heterocycles. The molecule has 1 saturated carbocycles. The molecule has 130 valence electrons. The van der Waals surface area contributed by atoms with Crippen LogP contribution in [0.25, 0.3) is 0 Å². The summed E-state index contributed by atoms with van der Waals surface area (Å²) >= 11 is 0. The highest BCUT2D eigenvalue weighted by Gasteiger charge is 2.33. The van der Waals surface area contributed by atoms with Crippen LogP contribution in [0.3, 0.4) is 0 Å². The first-order valence-corrected chi connectivity index (χ1v) is 8.47. The van der Waals surface area contributed by atoms with Crippen molar-refractivity contribution < 1.29 is 9.72 Å². The molecule has 1 amide bonds. The Morgan fingerprint density at radius 1 is 1.12 bits per heavy atom. The molecule has 0 heterocycles. The molecule has 1 aliphatic carbocycles. The maximum atomic E-state index is 12.3. The van der Waals surface area contributed by atoms with Gasteiger partial charge < -0.3 is 10.6 Å². The number of hydrogen-bond acceptors (Lipinski definition) is 4. The van der Waals surface area contributed by atoms with Gasteiger partial charge in [-0.1, -0.05) is 42.5 Å². The van der Waals surface area contributed by atoms with Crippen molar-refractivity contribution in [3.63, 3.8) is 0 Å². The highest BCUT2D eigenvalue weighted by molar-refractivity contribution is 5.77. The number of rotatable bonds is 8. The van der Waals surface area contributed by atoms with E-state index in [9.17, 15) is 14.9 Å². The van der Waals surface area contributed by atoms with Crippen LogP contribution in [0, 0.1) is 16.0 Å². The van der Waals surface area contributed by atoms with Crippen LogP contribution in [0.4, 0.5) is 11.4 Å². The van der Waals surface area contributed by atoms with E-state index in [0.29, 0.717) is 18.2 Å². The van der Waals surface area contributed by atoms with E-state index >= 15 is 0 Å². The van der Waals surface area contributed by atoms with Gasteiger partial charge in [0.05, 0.1) is 11.0 Å². The summed E-state index contributed by atoms with van der Waals surface area (Å²) < 4.78 is 0. The number of nitro benzene ring substituents is 1. The Morgan fingerprint density at radius 2 is 1.80 bits per heavy atom. The number of hydrogen-bond donors (Lipinski definition) is 2. The molecular formula is C19H21N3O3. The molecule has 0 bridgehead atoms. The van der Waals surface area contributed by atoms with Crippen molar-refractivity contribution in [2.75, 3.05) is 11.9 Å². The van der Waals surface area contributed by atoms with Crippen LogP contribution in [0.15, 0.2) is 54.6 Å². The Bertz CT molecular complexity index is 745. The third kappa shape index (κ3) is 4.56. The first-order valence-electron chi connectivity index (χ1n) is 8.47. The molecule has 0 radical (unpaired) electrons. The fraction of sp³-hybridized carbons (Fsp3) is 0.316. The van der Waals surface area contributed by atoms with Crippen molar-refractivity contribution in [1.29, 1.82) is 0 Å². The number of carbonyl (C=O) groups excluding carboxylic acids is 1. The first-order chi connectivity index (χ1) is 12.1. The molecule has 1 atom stereocenters. The van der Waals surface area contributed by atoms with Crippen LogP contribution in [0.2, 0.25) is 0 Å². The molecule has 6 heteroatoms. The topological polar surface area (TPSA) is 84.3 Å². The second-order valence-electron chi connectivity index (χ2n) is 6.24. The maximum Gasteiger partial charge on any atom is 0.292 e. The molecule has 2 N–H and O–H groups in total. The lowest BCUT2D eigenvalue weighted by Gasteiger charge is -2.19. The second-order valence-corrected chi connectivity index (χ2v) is 6.24. The Labute approximate surface area is 146 Å². The smallest absolute Gasteiger partial charge is 0.292 e. The van der Waals surface area contributed by atoms with Gasteiger partial charge in [0.2, 0.25) is 5.91 Å². The third-order valence-corrected chi connectivity index (χ3v) is 4.34. The number of nitro groups is 1. The van der Waals surface area contributed by atoms with Gasteiger partial charge in [-0.05, 0) is 30.4 Å². The molecule has 6 nitrogen and oxygen atoms in total. The highest BCUT2D eigenvalue weighted by atomic mass is 16.6. The largest absolute Gasteiger partial charge is 0.379 e. The van der Waals surface area contributed by atoms with Gasteiger partial charge >= 0.3 is 0 Å². The Hall–Kier alpha value is -2.89. The number of para-hydroxylation sites is 2. The van der Waals surface area contributed by atoms with Crippen LogP contribution in [0.1, 0.15) is 30.9 Å². The number of amides is 1. The molecule has 2 aromatic carbocycles. The zero-order valence-corrected chi connectivity index (χ0v) is 13.9. The lowest BCUT2D eigenvalue weighted by molar-refractivity contribution is -0.384. The predicted molar refractivity (Wildman–Crippen MR) is 96.3 cm³/mol. The average molecular weight is 339 g/mol. The Kier molecular flexibility index (Phi) is 5.28. The summed E-state index contributed by atoms with van der Waals surface area (Å²) in [6.45, 7) is 0.350. The summed E-state index contributed by atoms with van der Waals surface area (Å²) in [6.07, 6.45) is 2.53. The molecule has 0 spiro atoms. The molecule has 3 rings (SSSR count). The van der Waals surface area contributed by atoms with Gasteiger partial charge in [0.15, 0.2) is 0 Å². The van der Waals surface area contributed by atoms with E-state index < -0.39 is 4.92 Å². The number of nitrogens with zero attached hydrogens (tertiary/aromatic N) is 1. The Balaban J connectivity index is 1.54. The standard InChI is InChI=1S/C19H21N3O3/c23-18(12-13-20-16-8-4-5-9-17(16)22(24)25)21-19(15-10-11-15)14-6-2-1-3-7-14/h1-9,15,19-20H,10-13H2,(H,21,23)/t19-/m0/s1. The molecule has 25 heavy (non-hydrogen) atoms. The molecule has 0 aliphatic heterocycles. The molecule has 1 fully saturated rings. The van der Waals surface area contributed by atoms with E-state index in [-0.39, 0.29) is 24.1 Å². The minimum Gasteiger partial charge on any atom is -0.379 e. The molecule has 0 aromatic heterocycles. The lowest BCUT2D eigenvalue weighted by Crippen LogP contribution is -2.31. The number of nitrogens with one attached hydrogen (secondary N) is 2. The average Bonchev–Trinajstić information content (AvgIpc) is 3.46. The fourth-order valence-electron chi connectivity index (χ4n) is 2.90. The number of anilines is 1. The third-order valence-electron chi connectivity index (χ3n) is 4.34. The summed E-state index contributed by atoms with van der Waals surface area (Å²) in [5.74, 6) is 0.460. The van der Waals surface area contributed by atoms with Crippen molar-refractivity contribution in [2.45, 2.75) is 25.3 Å². The summed E-state index contributed by atoms with van der Waals surface area (Å²) in [7, 11) is 0. The van der Waals surface area contributed by atoms with Gasteiger partial charge in [0, 0.05) is 19.0 Å². The van der Waals surface area contributed by atoms with Crippen LogP contribution >= 0.6 is 0 Å². The van der Waals surface area contributed by atoms with Crippen LogP contribution in [-0.2, 0) is 4.79 Å². The van der Waals surface area contributed by atoms with E-state index in [2.05, 4.69) is 10.6 Å². The number of benzene rings is 2. The van der Waals surface area contributed by atoms with Crippen molar-refractivity contribution in [3.8, 4) is 0 Å². The fourth-order valence-corrected chi connectivity index (χ4v) is 2.90. The van der Waals surface area contributed by atoms with Crippen molar-refractivity contribution in [1.82, 2.24) is 5.32 Å². The molecule has 1 aliphatic rings. The first kappa shape index (κ1) is 17.0. The van der Waals surface area contributed by atoms with Crippen molar-refractivity contribution in [2.24, 2.45) is 5.92 Å². The van der Waals surface area contributed by atoms with Crippen LogP contribution in [-0.4, -0.2) is 17.4 Å². The van der Waals surface area contributed by atoms with E-state index in [4.69, 9.17) is 0 Å². The van der Waals surface area contributed by atoms with Crippen LogP contribution < -0.4 is 10.6 Å². The summed E-state index contributed by atoms with van der Waals surface area (Å²) in [5, 5.41) is 17.1. The normalized spacial score (nSPS) is 14.6. The molecule has 0 unspecified atom stereocenters. The summed E-state index contributed by atoms with van der Waals surface area (Å²) in [6, 6.07) is 16.5. The zero-order chi connectivity index (χ0) is 17.6. The SMILES string of the molecule is O=C(CCNc1ccccc1[N+](=O)[O-])N[C@@H](c1ccccc1)C1CC1. The number of carbonyl (C=O) groups is 1. The van der Waals surface area contributed by atoms with Gasteiger partial charge in [-0.15, -0.1) is 0 Å². The zero-order valence-electron chi connectivity index (χ0n) is 13.9. The van der Waals surface area contributed by atoms with Crippen molar-refractivity contribution >= 4 is 17.3 Å². The Morgan fingerprint density at radius 3 is 2.48 bits per heavy atom. The maximum absolute atomic E-state index is 12.3. The molecular weight excluding hydrogens is 318 g/mol. The minimum absolute atomic E-state index is 0.0167. The quantitative estimate of drug-likeness (QED) is 0.568.